The van der Waals surface area contributed by atoms with Crippen molar-refractivity contribution in [2.75, 3.05) is 31.1 Å². The molecule has 1 fully saturated rings. The zero-order valence-corrected chi connectivity index (χ0v) is 12.9. The van der Waals surface area contributed by atoms with E-state index in [9.17, 15) is 9.59 Å². The lowest BCUT2D eigenvalue weighted by Crippen LogP contribution is -2.42. The topological polar surface area (TPSA) is 93.2 Å². The van der Waals surface area contributed by atoms with Crippen LogP contribution in [0, 0.1) is 5.92 Å². The van der Waals surface area contributed by atoms with E-state index < -0.39 is 0 Å². The highest BCUT2D eigenvalue weighted by Gasteiger charge is 2.25. The summed E-state index contributed by atoms with van der Waals surface area (Å²) in [6, 6.07) is 3.25. The van der Waals surface area contributed by atoms with Crippen LogP contribution in [0.25, 0.3) is 0 Å². The van der Waals surface area contributed by atoms with E-state index in [1.165, 1.54) is 10.7 Å². The van der Waals surface area contributed by atoms with Gasteiger partial charge in [0.15, 0.2) is 0 Å². The SMILES string of the molecule is Cl.Cn1nc(N2CCC(C(=O)NCCN)CC2)ccc1=O. The van der Waals surface area contributed by atoms with Gasteiger partial charge in [0, 0.05) is 45.2 Å². The maximum Gasteiger partial charge on any atom is 0.266 e. The summed E-state index contributed by atoms with van der Waals surface area (Å²) in [5.74, 6) is 0.918. The minimum absolute atomic E-state index is 0. The van der Waals surface area contributed by atoms with Crippen LogP contribution < -0.4 is 21.5 Å². The fourth-order valence-electron chi connectivity index (χ4n) is 2.37. The third-order valence-corrected chi connectivity index (χ3v) is 3.58. The van der Waals surface area contributed by atoms with Crippen molar-refractivity contribution in [3.05, 3.63) is 22.5 Å². The van der Waals surface area contributed by atoms with Crippen LogP contribution in [0.3, 0.4) is 0 Å². The molecule has 8 heteroatoms. The normalized spacial score (nSPS) is 15.4. The smallest absolute Gasteiger partial charge is 0.266 e. The van der Waals surface area contributed by atoms with Gasteiger partial charge in [-0.1, -0.05) is 0 Å². The van der Waals surface area contributed by atoms with Gasteiger partial charge in [-0.25, -0.2) is 4.68 Å². The molecule has 3 N–H and O–H groups in total. The Balaban J connectivity index is 0.00000220. The van der Waals surface area contributed by atoms with Gasteiger partial charge in [0.1, 0.15) is 5.82 Å². The van der Waals surface area contributed by atoms with E-state index >= 15 is 0 Å². The largest absolute Gasteiger partial charge is 0.355 e. The first-order valence-corrected chi connectivity index (χ1v) is 6.89. The van der Waals surface area contributed by atoms with Crippen LogP contribution in [-0.4, -0.2) is 41.9 Å². The van der Waals surface area contributed by atoms with Crippen LogP contribution in [0.4, 0.5) is 5.82 Å². The summed E-state index contributed by atoms with van der Waals surface area (Å²) in [6.45, 7) is 2.53. The molecular weight excluding hydrogens is 294 g/mol. The minimum atomic E-state index is -0.121. The molecule has 2 rings (SSSR count). The van der Waals surface area contributed by atoms with Gasteiger partial charge < -0.3 is 16.0 Å². The summed E-state index contributed by atoms with van der Waals surface area (Å²) in [5.41, 5.74) is 5.25. The van der Waals surface area contributed by atoms with Gasteiger partial charge in [-0.15, -0.1) is 12.4 Å². The molecule has 7 nitrogen and oxygen atoms in total. The first-order valence-electron chi connectivity index (χ1n) is 6.89. The number of nitrogens with two attached hydrogens (primary N) is 1. The second-order valence-electron chi connectivity index (χ2n) is 4.99. The number of carbonyl (C=O) groups is 1. The van der Waals surface area contributed by atoms with Crippen molar-refractivity contribution in [1.29, 1.82) is 0 Å². The van der Waals surface area contributed by atoms with Gasteiger partial charge in [-0.2, -0.15) is 5.10 Å². The molecule has 1 aliphatic heterocycles. The zero-order valence-electron chi connectivity index (χ0n) is 12.1. The fourth-order valence-corrected chi connectivity index (χ4v) is 2.37. The zero-order chi connectivity index (χ0) is 14.5. The van der Waals surface area contributed by atoms with Crippen LogP contribution in [0.2, 0.25) is 0 Å². The summed E-state index contributed by atoms with van der Waals surface area (Å²) in [6.07, 6.45) is 1.59. The highest BCUT2D eigenvalue weighted by atomic mass is 35.5. The standard InChI is InChI=1S/C13H21N5O2.ClH/c1-17-12(19)3-2-11(16-17)18-8-4-10(5-9-18)13(20)15-7-6-14;/h2-3,10H,4-9,14H2,1H3,(H,15,20);1H. The minimum Gasteiger partial charge on any atom is -0.355 e. The number of aryl methyl sites for hydroxylation is 1. The van der Waals surface area contributed by atoms with Gasteiger partial charge in [0.05, 0.1) is 0 Å². The number of nitrogens with zero attached hydrogens (tertiary/aromatic N) is 3. The maximum absolute atomic E-state index is 11.9. The van der Waals surface area contributed by atoms with Crippen LogP contribution in [0.15, 0.2) is 16.9 Å². The number of nitrogens with one attached hydrogen (secondary N) is 1. The lowest BCUT2D eigenvalue weighted by molar-refractivity contribution is -0.125. The first kappa shape index (κ1) is 17.5. The molecule has 1 aromatic rings. The lowest BCUT2D eigenvalue weighted by Gasteiger charge is -2.32. The van der Waals surface area contributed by atoms with Crippen molar-refractivity contribution in [1.82, 2.24) is 15.1 Å². The Morgan fingerprint density at radius 1 is 1.43 bits per heavy atom. The molecule has 0 atom stereocenters. The summed E-state index contributed by atoms with van der Waals surface area (Å²) in [5, 5.41) is 7.06. The van der Waals surface area contributed by atoms with Crippen molar-refractivity contribution < 1.29 is 4.79 Å². The number of piperidine rings is 1. The number of aromatic nitrogens is 2. The molecule has 1 aliphatic rings. The van der Waals surface area contributed by atoms with E-state index in [0.29, 0.717) is 13.1 Å². The van der Waals surface area contributed by atoms with E-state index in [2.05, 4.69) is 15.3 Å². The van der Waals surface area contributed by atoms with Crippen molar-refractivity contribution >= 4 is 24.1 Å². The Morgan fingerprint density at radius 3 is 2.67 bits per heavy atom. The van der Waals surface area contributed by atoms with Crippen LogP contribution in [0.5, 0.6) is 0 Å². The Bertz CT molecular complexity index is 526. The monoisotopic (exact) mass is 315 g/mol. The van der Waals surface area contributed by atoms with Crippen molar-refractivity contribution in [3.8, 4) is 0 Å². The number of anilines is 1. The van der Waals surface area contributed by atoms with Gasteiger partial charge in [-0.05, 0) is 18.9 Å². The molecule has 1 aromatic heterocycles. The molecule has 0 unspecified atom stereocenters. The fraction of sp³-hybridized carbons (Fsp3) is 0.615. The quantitative estimate of drug-likeness (QED) is 0.781. The van der Waals surface area contributed by atoms with Gasteiger partial charge in [0.2, 0.25) is 5.91 Å². The molecule has 0 saturated carbocycles. The maximum atomic E-state index is 11.9. The predicted molar refractivity (Wildman–Crippen MR) is 83.7 cm³/mol. The number of hydrogen-bond donors (Lipinski definition) is 2. The van der Waals surface area contributed by atoms with E-state index in [1.54, 1.807) is 13.1 Å². The van der Waals surface area contributed by atoms with Gasteiger partial charge in [-0.3, -0.25) is 9.59 Å². The third-order valence-electron chi connectivity index (χ3n) is 3.58. The number of amides is 1. The van der Waals surface area contributed by atoms with E-state index in [-0.39, 0.29) is 29.8 Å². The lowest BCUT2D eigenvalue weighted by atomic mass is 9.96. The first-order chi connectivity index (χ1) is 9.61. The Kier molecular flexibility index (Phi) is 6.64. The van der Waals surface area contributed by atoms with E-state index in [1.807, 2.05) is 0 Å². The molecule has 118 valence electrons. The predicted octanol–water partition coefficient (Wildman–Crippen LogP) is -0.507. The van der Waals surface area contributed by atoms with E-state index in [4.69, 9.17) is 5.73 Å². The molecule has 0 aliphatic carbocycles. The van der Waals surface area contributed by atoms with Gasteiger partial charge >= 0.3 is 0 Å². The van der Waals surface area contributed by atoms with E-state index in [0.717, 1.165) is 31.7 Å². The number of carbonyl (C=O) groups excluding carboxylic acids is 1. The number of hydrogen-bond acceptors (Lipinski definition) is 5. The van der Waals surface area contributed by atoms with Crippen molar-refractivity contribution in [2.24, 2.45) is 18.7 Å². The van der Waals surface area contributed by atoms with Crippen molar-refractivity contribution in [2.45, 2.75) is 12.8 Å². The molecule has 0 aromatic carbocycles. The number of halogens is 1. The average molecular weight is 316 g/mol. The molecule has 1 saturated heterocycles. The molecule has 0 radical (unpaired) electrons. The molecule has 0 spiro atoms. The van der Waals surface area contributed by atoms with Crippen LogP contribution in [-0.2, 0) is 11.8 Å². The highest BCUT2D eigenvalue weighted by Crippen LogP contribution is 2.21. The molecule has 1 amide bonds. The summed E-state index contributed by atoms with van der Waals surface area (Å²) in [7, 11) is 1.64. The Labute approximate surface area is 129 Å². The van der Waals surface area contributed by atoms with Crippen molar-refractivity contribution in [3.63, 3.8) is 0 Å². The summed E-state index contributed by atoms with van der Waals surface area (Å²) >= 11 is 0. The average Bonchev–Trinajstić information content (AvgIpc) is 2.48. The highest BCUT2D eigenvalue weighted by molar-refractivity contribution is 5.85. The molecule has 0 bridgehead atoms. The van der Waals surface area contributed by atoms with Gasteiger partial charge in [0.25, 0.3) is 5.56 Å². The third kappa shape index (κ3) is 4.44. The summed E-state index contributed by atoms with van der Waals surface area (Å²) < 4.78 is 1.33. The molecular formula is C13H22ClN5O2. The molecule has 21 heavy (non-hydrogen) atoms. The second kappa shape index (κ2) is 7.99. The molecule has 2 heterocycles. The Morgan fingerprint density at radius 2 is 2.10 bits per heavy atom. The van der Waals surface area contributed by atoms with Crippen LogP contribution >= 0.6 is 12.4 Å². The van der Waals surface area contributed by atoms with Crippen LogP contribution in [0.1, 0.15) is 12.8 Å². The Hall–Kier alpha value is -1.60. The number of rotatable bonds is 4. The second-order valence-corrected chi connectivity index (χ2v) is 4.99. The summed E-state index contributed by atoms with van der Waals surface area (Å²) in [4.78, 5) is 25.3.